The summed E-state index contributed by atoms with van der Waals surface area (Å²) in [4.78, 5) is 11.4. The first-order chi connectivity index (χ1) is 8.61. The van der Waals surface area contributed by atoms with Gasteiger partial charge in [-0.1, -0.05) is 0 Å². The molecule has 2 aromatic rings. The number of nitrogens with zero attached hydrogens (tertiary/aromatic N) is 2. The minimum atomic E-state index is -0.287. The third-order valence-electron chi connectivity index (χ3n) is 2.55. The molecule has 0 radical (unpaired) electrons. The maximum absolute atomic E-state index is 11.4. The third-order valence-corrected chi connectivity index (χ3v) is 2.55. The van der Waals surface area contributed by atoms with Crippen molar-refractivity contribution in [2.24, 2.45) is 7.05 Å². The predicted molar refractivity (Wildman–Crippen MR) is 70.5 cm³/mol. The Morgan fingerprint density at radius 1 is 1.33 bits per heavy atom. The number of benzene rings is 1. The highest BCUT2D eigenvalue weighted by molar-refractivity contribution is 5.62. The van der Waals surface area contributed by atoms with Crippen molar-refractivity contribution in [3.05, 3.63) is 40.7 Å². The Morgan fingerprint density at radius 3 is 2.56 bits per heavy atom. The van der Waals surface area contributed by atoms with E-state index in [0.717, 1.165) is 11.3 Å². The zero-order chi connectivity index (χ0) is 13.1. The standard InChI is InChI=1S/C13H15N3O2/c1-3-18-10-6-4-9(5-7-10)12-8-11(14)13(17)16(2)15-12/h4-8H,3,14H2,1-2H3. The fourth-order valence-electron chi connectivity index (χ4n) is 1.66. The van der Waals surface area contributed by atoms with Crippen LogP contribution in [0.2, 0.25) is 0 Å². The SMILES string of the molecule is CCOc1ccc(-c2cc(N)c(=O)n(C)n2)cc1. The molecule has 18 heavy (non-hydrogen) atoms. The minimum absolute atomic E-state index is 0.191. The molecule has 0 saturated heterocycles. The van der Waals surface area contributed by atoms with Crippen LogP contribution in [0.25, 0.3) is 11.3 Å². The van der Waals surface area contributed by atoms with Crippen LogP contribution < -0.4 is 16.0 Å². The van der Waals surface area contributed by atoms with Crippen molar-refractivity contribution in [1.82, 2.24) is 9.78 Å². The molecule has 5 nitrogen and oxygen atoms in total. The summed E-state index contributed by atoms with van der Waals surface area (Å²) in [6.45, 7) is 2.56. The van der Waals surface area contributed by atoms with E-state index in [1.807, 2.05) is 31.2 Å². The molecule has 0 aliphatic heterocycles. The normalized spacial score (nSPS) is 10.3. The first-order valence-electron chi connectivity index (χ1n) is 5.69. The molecule has 1 aromatic carbocycles. The minimum Gasteiger partial charge on any atom is -0.494 e. The summed E-state index contributed by atoms with van der Waals surface area (Å²) < 4.78 is 6.60. The van der Waals surface area contributed by atoms with Gasteiger partial charge in [-0.3, -0.25) is 4.79 Å². The van der Waals surface area contributed by atoms with E-state index in [2.05, 4.69) is 5.10 Å². The zero-order valence-corrected chi connectivity index (χ0v) is 10.4. The van der Waals surface area contributed by atoms with Crippen molar-refractivity contribution >= 4 is 5.69 Å². The quantitative estimate of drug-likeness (QED) is 0.888. The molecule has 0 aliphatic carbocycles. The van der Waals surface area contributed by atoms with Crippen LogP contribution in [0.4, 0.5) is 5.69 Å². The lowest BCUT2D eigenvalue weighted by molar-refractivity contribution is 0.340. The number of hydrogen-bond donors (Lipinski definition) is 1. The van der Waals surface area contributed by atoms with Gasteiger partial charge in [-0.2, -0.15) is 5.10 Å². The lowest BCUT2D eigenvalue weighted by Gasteiger charge is -2.06. The summed E-state index contributed by atoms with van der Waals surface area (Å²) in [5.41, 5.74) is 7.10. The fourth-order valence-corrected chi connectivity index (χ4v) is 1.66. The maximum Gasteiger partial charge on any atom is 0.289 e. The predicted octanol–water partition coefficient (Wildman–Crippen LogP) is 1.43. The van der Waals surface area contributed by atoms with E-state index in [1.165, 1.54) is 4.68 Å². The van der Waals surface area contributed by atoms with Gasteiger partial charge in [0, 0.05) is 12.6 Å². The van der Waals surface area contributed by atoms with Crippen LogP contribution in [-0.4, -0.2) is 16.4 Å². The molecule has 5 heteroatoms. The molecule has 94 valence electrons. The van der Waals surface area contributed by atoms with E-state index in [4.69, 9.17) is 10.5 Å². The van der Waals surface area contributed by atoms with E-state index in [-0.39, 0.29) is 11.2 Å². The number of ether oxygens (including phenoxy) is 1. The monoisotopic (exact) mass is 245 g/mol. The summed E-state index contributed by atoms with van der Waals surface area (Å²) >= 11 is 0. The Kier molecular flexibility index (Phi) is 3.32. The average molecular weight is 245 g/mol. The number of anilines is 1. The number of nitrogens with two attached hydrogens (primary N) is 1. The van der Waals surface area contributed by atoms with Gasteiger partial charge in [0.05, 0.1) is 12.3 Å². The van der Waals surface area contributed by atoms with Crippen LogP contribution in [0.15, 0.2) is 35.1 Å². The highest BCUT2D eigenvalue weighted by Gasteiger charge is 2.05. The molecule has 1 aromatic heterocycles. The smallest absolute Gasteiger partial charge is 0.289 e. The van der Waals surface area contributed by atoms with Crippen molar-refractivity contribution in [3.63, 3.8) is 0 Å². The lowest BCUT2D eigenvalue weighted by Crippen LogP contribution is -2.22. The Labute approximate surface area is 105 Å². The molecule has 0 fully saturated rings. The van der Waals surface area contributed by atoms with Gasteiger partial charge in [-0.25, -0.2) is 4.68 Å². The summed E-state index contributed by atoms with van der Waals surface area (Å²) in [5.74, 6) is 0.805. The Hall–Kier alpha value is -2.30. The van der Waals surface area contributed by atoms with Crippen LogP contribution in [-0.2, 0) is 7.05 Å². The van der Waals surface area contributed by atoms with Crippen molar-refractivity contribution in [2.75, 3.05) is 12.3 Å². The fraction of sp³-hybridized carbons (Fsp3) is 0.231. The Bertz CT molecular complexity index is 576. The molecule has 0 saturated carbocycles. The van der Waals surface area contributed by atoms with Gasteiger partial charge in [0.2, 0.25) is 0 Å². The first-order valence-corrected chi connectivity index (χ1v) is 5.69. The second-order valence-electron chi connectivity index (χ2n) is 3.87. The van der Waals surface area contributed by atoms with Gasteiger partial charge in [0.15, 0.2) is 0 Å². The van der Waals surface area contributed by atoms with E-state index in [1.54, 1.807) is 13.1 Å². The van der Waals surface area contributed by atoms with Gasteiger partial charge in [-0.05, 0) is 37.3 Å². The third kappa shape index (κ3) is 2.34. The Morgan fingerprint density at radius 2 is 2.00 bits per heavy atom. The highest BCUT2D eigenvalue weighted by atomic mass is 16.5. The van der Waals surface area contributed by atoms with Crippen LogP contribution in [0.3, 0.4) is 0 Å². The lowest BCUT2D eigenvalue weighted by atomic mass is 10.1. The molecule has 0 atom stereocenters. The van der Waals surface area contributed by atoms with Gasteiger partial charge in [0.25, 0.3) is 5.56 Å². The molecule has 2 rings (SSSR count). The van der Waals surface area contributed by atoms with Gasteiger partial charge >= 0.3 is 0 Å². The van der Waals surface area contributed by atoms with E-state index in [0.29, 0.717) is 12.3 Å². The van der Waals surface area contributed by atoms with E-state index >= 15 is 0 Å². The van der Waals surface area contributed by atoms with E-state index < -0.39 is 0 Å². The highest BCUT2D eigenvalue weighted by Crippen LogP contribution is 2.20. The number of aromatic nitrogens is 2. The van der Waals surface area contributed by atoms with Gasteiger partial charge in [0.1, 0.15) is 11.4 Å². The number of aryl methyl sites for hydroxylation is 1. The topological polar surface area (TPSA) is 70.1 Å². The number of rotatable bonds is 3. The van der Waals surface area contributed by atoms with Gasteiger partial charge in [-0.15, -0.1) is 0 Å². The largest absolute Gasteiger partial charge is 0.494 e. The Balaban J connectivity index is 2.40. The molecule has 0 spiro atoms. The van der Waals surface area contributed by atoms with Crippen molar-refractivity contribution in [2.45, 2.75) is 6.92 Å². The average Bonchev–Trinajstić information content (AvgIpc) is 2.37. The number of hydrogen-bond acceptors (Lipinski definition) is 4. The second-order valence-corrected chi connectivity index (χ2v) is 3.87. The second kappa shape index (κ2) is 4.91. The molecular weight excluding hydrogens is 230 g/mol. The number of nitrogen functional groups attached to an aromatic ring is 1. The maximum atomic E-state index is 11.4. The summed E-state index contributed by atoms with van der Waals surface area (Å²) in [5, 5.41) is 4.16. The van der Waals surface area contributed by atoms with Crippen molar-refractivity contribution < 1.29 is 4.74 Å². The van der Waals surface area contributed by atoms with Crippen LogP contribution in [0.1, 0.15) is 6.92 Å². The molecule has 1 heterocycles. The molecule has 0 unspecified atom stereocenters. The molecule has 0 aliphatic rings. The zero-order valence-electron chi connectivity index (χ0n) is 10.4. The van der Waals surface area contributed by atoms with Crippen molar-refractivity contribution in [3.8, 4) is 17.0 Å². The molecule has 0 amide bonds. The van der Waals surface area contributed by atoms with Gasteiger partial charge < -0.3 is 10.5 Å². The van der Waals surface area contributed by atoms with Crippen LogP contribution in [0, 0.1) is 0 Å². The van der Waals surface area contributed by atoms with Crippen molar-refractivity contribution in [1.29, 1.82) is 0 Å². The molecule has 2 N–H and O–H groups in total. The van der Waals surface area contributed by atoms with Crippen LogP contribution in [0.5, 0.6) is 5.75 Å². The van der Waals surface area contributed by atoms with Crippen LogP contribution >= 0.6 is 0 Å². The summed E-state index contributed by atoms with van der Waals surface area (Å²) in [7, 11) is 1.58. The summed E-state index contributed by atoms with van der Waals surface area (Å²) in [6, 6.07) is 9.08. The summed E-state index contributed by atoms with van der Waals surface area (Å²) in [6.07, 6.45) is 0. The molecule has 0 bridgehead atoms. The molecular formula is C13H15N3O2. The first kappa shape index (κ1) is 12.2. The van der Waals surface area contributed by atoms with E-state index in [9.17, 15) is 4.79 Å².